The Bertz CT molecular complexity index is 713. The predicted octanol–water partition coefficient (Wildman–Crippen LogP) is 4.72. The number of piperidine rings is 1. The van der Waals surface area contributed by atoms with Gasteiger partial charge in [-0.2, -0.15) is 0 Å². The van der Waals surface area contributed by atoms with Gasteiger partial charge in [-0.25, -0.2) is 0 Å². The van der Waals surface area contributed by atoms with Gasteiger partial charge in [0, 0.05) is 43.2 Å². The third-order valence-electron chi connectivity index (χ3n) is 6.37. The zero-order valence-electron chi connectivity index (χ0n) is 21.5. The Balaban J connectivity index is 0.00000544. The minimum Gasteiger partial charge on any atom is -0.357 e. The van der Waals surface area contributed by atoms with Crippen LogP contribution in [0.2, 0.25) is 0 Å². The summed E-state index contributed by atoms with van der Waals surface area (Å²) in [5, 5.41) is 10.7. The summed E-state index contributed by atoms with van der Waals surface area (Å²) in [4.78, 5) is 19.6. The minimum atomic E-state index is -0.136. The molecule has 1 aromatic carbocycles. The molecular weight excluding hydrogens is 525 g/mol. The summed E-state index contributed by atoms with van der Waals surface area (Å²) in [6, 6.07) is 11.1. The Morgan fingerprint density at radius 3 is 2.27 bits per heavy atom. The molecule has 6 nitrogen and oxygen atoms in total. The van der Waals surface area contributed by atoms with Crippen molar-refractivity contribution in [1.82, 2.24) is 20.9 Å². The summed E-state index contributed by atoms with van der Waals surface area (Å²) in [6.45, 7) is 16.0. The van der Waals surface area contributed by atoms with Crippen LogP contribution in [0.4, 0.5) is 0 Å². The first-order chi connectivity index (χ1) is 15.3. The number of hydrogen-bond acceptors (Lipinski definition) is 3. The van der Waals surface area contributed by atoms with E-state index in [1.807, 2.05) is 6.07 Å². The lowest BCUT2D eigenvalue weighted by Gasteiger charge is -2.35. The van der Waals surface area contributed by atoms with Gasteiger partial charge in [0.1, 0.15) is 0 Å². The second-order valence-corrected chi connectivity index (χ2v) is 9.61. The molecule has 1 heterocycles. The van der Waals surface area contributed by atoms with Crippen molar-refractivity contribution < 1.29 is 4.79 Å². The number of amides is 1. The number of hydrogen-bond donors (Lipinski definition) is 3. The van der Waals surface area contributed by atoms with Crippen molar-refractivity contribution in [2.75, 3.05) is 26.2 Å². The average Bonchev–Trinajstić information content (AvgIpc) is 2.79. The van der Waals surface area contributed by atoms with Gasteiger partial charge in [-0.05, 0) is 58.9 Å². The third-order valence-corrected chi connectivity index (χ3v) is 6.37. The zero-order chi connectivity index (χ0) is 23.6. The molecule has 0 saturated carbocycles. The molecule has 1 fully saturated rings. The van der Waals surface area contributed by atoms with Crippen molar-refractivity contribution in [1.29, 1.82) is 0 Å². The van der Waals surface area contributed by atoms with Gasteiger partial charge in [0.2, 0.25) is 5.91 Å². The second kappa shape index (κ2) is 14.8. The highest BCUT2D eigenvalue weighted by atomic mass is 127. The molecule has 0 spiro atoms. The van der Waals surface area contributed by atoms with Crippen LogP contribution in [-0.2, 0) is 4.79 Å². The Morgan fingerprint density at radius 1 is 1.12 bits per heavy atom. The number of nitrogens with zero attached hydrogens (tertiary/aromatic N) is 2. The lowest BCUT2D eigenvalue weighted by atomic mass is 9.98. The first-order valence-electron chi connectivity index (χ1n) is 12.5. The summed E-state index contributed by atoms with van der Waals surface area (Å²) in [5.74, 6) is 1.36. The van der Waals surface area contributed by atoms with Gasteiger partial charge in [-0.1, -0.05) is 44.2 Å². The van der Waals surface area contributed by atoms with Crippen molar-refractivity contribution in [3.05, 3.63) is 35.9 Å². The van der Waals surface area contributed by atoms with Crippen molar-refractivity contribution >= 4 is 35.8 Å². The van der Waals surface area contributed by atoms with E-state index in [4.69, 9.17) is 4.99 Å². The first-order valence-corrected chi connectivity index (χ1v) is 12.5. The molecule has 1 aliphatic heterocycles. The molecule has 0 bridgehead atoms. The molecule has 2 rings (SSSR count). The highest BCUT2D eigenvalue weighted by Gasteiger charge is 2.27. The average molecular weight is 572 g/mol. The Kier molecular flexibility index (Phi) is 13.3. The lowest BCUT2D eigenvalue weighted by molar-refractivity contribution is -0.136. The molecule has 7 heteroatoms. The van der Waals surface area contributed by atoms with Crippen LogP contribution in [0, 0.1) is 5.92 Å². The van der Waals surface area contributed by atoms with Crippen LogP contribution >= 0.6 is 24.0 Å². The molecular formula is C26H46IN5O. The maximum Gasteiger partial charge on any atom is 0.225 e. The monoisotopic (exact) mass is 571 g/mol. The lowest BCUT2D eigenvalue weighted by Crippen LogP contribution is -2.51. The van der Waals surface area contributed by atoms with Crippen molar-refractivity contribution in [3.63, 3.8) is 0 Å². The molecule has 1 aliphatic rings. The number of benzene rings is 1. The number of aliphatic imine (C=N–C) groups is 1. The highest BCUT2D eigenvalue weighted by molar-refractivity contribution is 14.0. The zero-order valence-corrected chi connectivity index (χ0v) is 23.8. The minimum absolute atomic E-state index is 0. The van der Waals surface area contributed by atoms with Gasteiger partial charge in [-0.3, -0.25) is 9.79 Å². The van der Waals surface area contributed by atoms with E-state index >= 15 is 0 Å². The molecule has 0 aliphatic carbocycles. The van der Waals surface area contributed by atoms with E-state index in [9.17, 15) is 4.79 Å². The normalized spacial score (nSPS) is 16.3. The standard InChI is InChI=1S/C26H45N5O.HI/c1-7-21(8-2)24(32)31-17-15-23(16-18-31)29-25(27-9-3)28-19-26(5,6)30-20(4)22-13-11-10-12-14-22;/h10-14,20-21,23,30H,7-9,15-19H2,1-6H3,(H2,27,28,29);1H. The van der Waals surface area contributed by atoms with Crippen LogP contribution in [0.15, 0.2) is 35.3 Å². The molecule has 188 valence electrons. The van der Waals surface area contributed by atoms with Crippen LogP contribution in [0.5, 0.6) is 0 Å². The highest BCUT2D eigenvalue weighted by Crippen LogP contribution is 2.18. The van der Waals surface area contributed by atoms with E-state index in [0.717, 1.165) is 51.3 Å². The summed E-state index contributed by atoms with van der Waals surface area (Å²) in [7, 11) is 0. The summed E-state index contributed by atoms with van der Waals surface area (Å²) in [5.41, 5.74) is 1.15. The van der Waals surface area contributed by atoms with E-state index in [1.165, 1.54) is 5.56 Å². The molecule has 33 heavy (non-hydrogen) atoms. The fraction of sp³-hybridized carbons (Fsp3) is 0.692. The molecule has 0 radical (unpaired) electrons. The van der Waals surface area contributed by atoms with E-state index in [1.54, 1.807) is 0 Å². The number of carbonyl (C=O) groups is 1. The SMILES string of the molecule is CCNC(=NCC(C)(C)NC(C)c1ccccc1)NC1CCN(C(=O)C(CC)CC)CC1.I. The van der Waals surface area contributed by atoms with Gasteiger partial charge < -0.3 is 20.9 Å². The smallest absolute Gasteiger partial charge is 0.225 e. The van der Waals surface area contributed by atoms with Gasteiger partial charge in [0.05, 0.1) is 6.54 Å². The van der Waals surface area contributed by atoms with Crippen molar-refractivity contribution in [2.45, 2.75) is 84.8 Å². The topological polar surface area (TPSA) is 68.8 Å². The largest absolute Gasteiger partial charge is 0.357 e. The van der Waals surface area contributed by atoms with Gasteiger partial charge >= 0.3 is 0 Å². The van der Waals surface area contributed by atoms with Crippen LogP contribution in [0.1, 0.15) is 78.8 Å². The van der Waals surface area contributed by atoms with Gasteiger partial charge in [0.15, 0.2) is 5.96 Å². The molecule has 1 unspecified atom stereocenters. The Morgan fingerprint density at radius 2 is 1.73 bits per heavy atom. The first kappa shape index (κ1) is 29.7. The molecule has 1 saturated heterocycles. The summed E-state index contributed by atoms with van der Waals surface area (Å²) < 4.78 is 0. The summed E-state index contributed by atoms with van der Waals surface area (Å²) >= 11 is 0. The fourth-order valence-corrected chi connectivity index (χ4v) is 4.39. The number of halogens is 1. The van der Waals surface area contributed by atoms with E-state index in [2.05, 4.69) is 86.7 Å². The Labute approximate surface area is 218 Å². The van der Waals surface area contributed by atoms with Gasteiger partial charge in [0.25, 0.3) is 0 Å². The second-order valence-electron chi connectivity index (χ2n) is 9.61. The molecule has 3 N–H and O–H groups in total. The van der Waals surface area contributed by atoms with Crippen LogP contribution < -0.4 is 16.0 Å². The number of carbonyl (C=O) groups excluding carboxylic acids is 1. The predicted molar refractivity (Wildman–Crippen MR) is 150 cm³/mol. The Hall–Kier alpha value is -1.35. The maximum absolute atomic E-state index is 12.7. The van der Waals surface area contributed by atoms with E-state index in [0.29, 0.717) is 18.5 Å². The van der Waals surface area contributed by atoms with Crippen molar-refractivity contribution in [3.8, 4) is 0 Å². The third kappa shape index (κ3) is 9.81. The fourth-order valence-electron chi connectivity index (χ4n) is 4.39. The molecule has 1 atom stereocenters. The van der Waals surface area contributed by atoms with Gasteiger partial charge in [-0.15, -0.1) is 24.0 Å². The van der Waals surface area contributed by atoms with Crippen molar-refractivity contribution in [2.24, 2.45) is 10.9 Å². The molecule has 1 amide bonds. The van der Waals surface area contributed by atoms with E-state index in [-0.39, 0.29) is 41.5 Å². The molecule has 1 aromatic rings. The number of rotatable bonds is 10. The van der Waals surface area contributed by atoms with Crippen LogP contribution in [0.3, 0.4) is 0 Å². The number of nitrogens with one attached hydrogen (secondary N) is 3. The molecule has 0 aromatic heterocycles. The number of likely N-dealkylation sites (tertiary alicyclic amines) is 1. The van der Waals surface area contributed by atoms with E-state index < -0.39 is 0 Å². The van der Waals surface area contributed by atoms with Crippen LogP contribution in [-0.4, -0.2) is 54.5 Å². The maximum atomic E-state index is 12.7. The van der Waals surface area contributed by atoms with Crippen LogP contribution in [0.25, 0.3) is 0 Å². The quantitative estimate of drug-likeness (QED) is 0.216. The number of guanidine groups is 1. The summed E-state index contributed by atoms with van der Waals surface area (Å²) in [6.07, 6.45) is 3.78.